The molecule has 3 rings (SSSR count). The van der Waals surface area contributed by atoms with E-state index in [1.165, 1.54) is 6.20 Å². The highest BCUT2D eigenvalue weighted by Gasteiger charge is 2.31. The van der Waals surface area contributed by atoms with Crippen molar-refractivity contribution in [1.82, 2.24) is 9.38 Å². The predicted molar refractivity (Wildman–Crippen MR) is 98.3 cm³/mol. The van der Waals surface area contributed by atoms with Crippen LogP contribution in [0.5, 0.6) is 0 Å². The first kappa shape index (κ1) is 18.9. The van der Waals surface area contributed by atoms with Crippen LogP contribution in [0.2, 0.25) is 0 Å². The molecular formula is C20H20F3N3O. The fourth-order valence-electron chi connectivity index (χ4n) is 2.84. The molecule has 0 spiro atoms. The summed E-state index contributed by atoms with van der Waals surface area (Å²) in [5.74, 6) is 0.00825. The van der Waals surface area contributed by atoms with Gasteiger partial charge in [-0.3, -0.25) is 9.20 Å². The second-order valence-electron chi connectivity index (χ2n) is 7.60. The van der Waals surface area contributed by atoms with Crippen LogP contribution < -0.4 is 5.32 Å². The summed E-state index contributed by atoms with van der Waals surface area (Å²) >= 11 is 0. The molecular weight excluding hydrogens is 355 g/mol. The highest BCUT2D eigenvalue weighted by atomic mass is 19.4. The van der Waals surface area contributed by atoms with Crippen LogP contribution >= 0.6 is 0 Å². The number of nitrogens with zero attached hydrogens (tertiary/aromatic N) is 2. The quantitative estimate of drug-likeness (QED) is 0.667. The Bertz CT molecular complexity index is 970. The van der Waals surface area contributed by atoms with Crippen LogP contribution in [0, 0.1) is 5.41 Å². The molecule has 2 heterocycles. The van der Waals surface area contributed by atoms with Crippen molar-refractivity contribution in [2.45, 2.75) is 33.4 Å². The van der Waals surface area contributed by atoms with Crippen molar-refractivity contribution in [3.63, 3.8) is 0 Å². The van der Waals surface area contributed by atoms with Crippen molar-refractivity contribution in [2.75, 3.05) is 5.32 Å². The molecule has 1 amide bonds. The van der Waals surface area contributed by atoms with E-state index in [2.05, 4.69) is 10.3 Å². The van der Waals surface area contributed by atoms with E-state index in [4.69, 9.17) is 0 Å². The number of halogens is 3. The summed E-state index contributed by atoms with van der Waals surface area (Å²) < 4.78 is 40.7. The molecule has 0 fully saturated rings. The Hall–Kier alpha value is -2.83. The Morgan fingerprint density at radius 1 is 1.11 bits per heavy atom. The molecule has 0 aliphatic carbocycles. The highest BCUT2D eigenvalue weighted by molar-refractivity contribution is 5.94. The van der Waals surface area contributed by atoms with Gasteiger partial charge in [-0.2, -0.15) is 13.2 Å². The normalized spacial score (nSPS) is 12.4. The van der Waals surface area contributed by atoms with Crippen LogP contribution in [-0.4, -0.2) is 15.3 Å². The number of rotatable bonds is 3. The number of pyridine rings is 1. The van der Waals surface area contributed by atoms with Crippen LogP contribution in [0.25, 0.3) is 16.9 Å². The smallest absolute Gasteiger partial charge is 0.309 e. The van der Waals surface area contributed by atoms with Crippen molar-refractivity contribution in [3.8, 4) is 11.3 Å². The number of nitrogens with one attached hydrogen (secondary N) is 1. The second kappa shape index (κ2) is 6.72. The van der Waals surface area contributed by atoms with Crippen LogP contribution in [0.3, 0.4) is 0 Å². The van der Waals surface area contributed by atoms with Crippen LogP contribution in [0.15, 0.2) is 48.7 Å². The number of alkyl halides is 3. The van der Waals surface area contributed by atoms with Crippen LogP contribution in [0.1, 0.15) is 32.8 Å². The third-order valence-corrected chi connectivity index (χ3v) is 3.95. The molecule has 1 N–H and O–H groups in total. The topological polar surface area (TPSA) is 46.4 Å². The van der Waals surface area contributed by atoms with Gasteiger partial charge in [0, 0.05) is 18.2 Å². The van der Waals surface area contributed by atoms with Crippen molar-refractivity contribution in [1.29, 1.82) is 0 Å². The van der Waals surface area contributed by atoms with Gasteiger partial charge in [-0.1, -0.05) is 51.1 Å². The number of hydrogen-bond acceptors (Lipinski definition) is 2. The summed E-state index contributed by atoms with van der Waals surface area (Å²) in [6, 6.07) is 11.1. The standard InChI is InChI=1S/C20H20F3N3O/c1-19(2,3)12-16(27)25-18-17(13-7-5-4-6-8-13)26-10-9-14(20(21,22)23)11-15(26)24-18/h4-11H,12H2,1-3H3,(H,25,27). The molecule has 0 aliphatic heterocycles. The third kappa shape index (κ3) is 4.30. The molecule has 142 valence electrons. The molecule has 7 heteroatoms. The number of fused-ring (bicyclic) bond motifs is 1. The lowest BCUT2D eigenvalue weighted by atomic mass is 9.92. The molecule has 27 heavy (non-hydrogen) atoms. The monoisotopic (exact) mass is 375 g/mol. The molecule has 0 unspecified atom stereocenters. The summed E-state index contributed by atoms with van der Waals surface area (Å²) in [6.07, 6.45) is -2.87. The average Bonchev–Trinajstić information content (AvgIpc) is 2.89. The zero-order valence-electron chi connectivity index (χ0n) is 15.3. The van der Waals surface area contributed by atoms with E-state index in [0.717, 1.165) is 17.7 Å². The van der Waals surface area contributed by atoms with Gasteiger partial charge >= 0.3 is 6.18 Å². The lowest BCUT2D eigenvalue weighted by molar-refractivity contribution is -0.137. The Morgan fingerprint density at radius 3 is 2.37 bits per heavy atom. The molecule has 1 aromatic carbocycles. The number of hydrogen-bond donors (Lipinski definition) is 1. The fraction of sp³-hybridized carbons (Fsp3) is 0.300. The molecule has 2 aromatic heterocycles. The first-order valence-corrected chi connectivity index (χ1v) is 8.49. The van der Waals surface area contributed by atoms with E-state index < -0.39 is 11.7 Å². The minimum atomic E-state index is -4.46. The van der Waals surface area contributed by atoms with Gasteiger partial charge in [0.25, 0.3) is 0 Å². The molecule has 0 saturated heterocycles. The zero-order chi connectivity index (χ0) is 19.8. The van der Waals surface area contributed by atoms with Gasteiger partial charge in [-0.05, 0) is 17.5 Å². The lowest BCUT2D eigenvalue weighted by Crippen LogP contribution is -2.20. The highest BCUT2D eigenvalue weighted by Crippen LogP contribution is 2.34. The zero-order valence-corrected chi connectivity index (χ0v) is 15.3. The van der Waals surface area contributed by atoms with Crippen molar-refractivity contribution in [3.05, 3.63) is 54.2 Å². The van der Waals surface area contributed by atoms with Gasteiger partial charge in [0.1, 0.15) is 5.65 Å². The molecule has 4 nitrogen and oxygen atoms in total. The molecule has 0 radical (unpaired) electrons. The van der Waals surface area contributed by atoms with Crippen LogP contribution in [-0.2, 0) is 11.0 Å². The SMILES string of the molecule is CC(C)(C)CC(=O)Nc1nc2cc(C(F)(F)F)ccn2c1-c1ccccc1. The van der Waals surface area contributed by atoms with Crippen LogP contribution in [0.4, 0.5) is 19.0 Å². The predicted octanol–water partition coefficient (Wildman–Crippen LogP) is 5.39. The van der Waals surface area contributed by atoms with Gasteiger partial charge in [-0.15, -0.1) is 0 Å². The van der Waals surface area contributed by atoms with Gasteiger partial charge in [0.2, 0.25) is 5.91 Å². The number of carbonyl (C=O) groups is 1. The third-order valence-electron chi connectivity index (χ3n) is 3.95. The Balaban J connectivity index is 2.11. The maximum absolute atomic E-state index is 13.0. The van der Waals surface area contributed by atoms with E-state index in [1.807, 2.05) is 51.1 Å². The summed E-state index contributed by atoms with van der Waals surface area (Å²) in [5, 5.41) is 2.76. The largest absolute Gasteiger partial charge is 0.416 e. The van der Waals surface area contributed by atoms with Gasteiger partial charge in [0.05, 0.1) is 11.3 Å². The summed E-state index contributed by atoms with van der Waals surface area (Å²) in [6.45, 7) is 5.80. The maximum Gasteiger partial charge on any atom is 0.416 e. The summed E-state index contributed by atoms with van der Waals surface area (Å²) in [5.41, 5.74) is 0.402. The first-order chi connectivity index (χ1) is 12.5. The number of imidazole rings is 1. The van der Waals surface area contributed by atoms with Crippen molar-refractivity contribution in [2.24, 2.45) is 5.41 Å². The minimum Gasteiger partial charge on any atom is -0.309 e. The minimum absolute atomic E-state index is 0.120. The van der Waals surface area contributed by atoms with E-state index in [1.54, 1.807) is 4.40 Å². The Morgan fingerprint density at radius 2 is 1.78 bits per heavy atom. The number of benzene rings is 1. The first-order valence-electron chi connectivity index (χ1n) is 8.49. The van der Waals surface area contributed by atoms with Gasteiger partial charge < -0.3 is 5.32 Å². The van der Waals surface area contributed by atoms with Gasteiger partial charge in [0.15, 0.2) is 5.82 Å². The van der Waals surface area contributed by atoms with Gasteiger partial charge in [-0.25, -0.2) is 4.98 Å². The lowest BCUT2D eigenvalue weighted by Gasteiger charge is -2.17. The molecule has 0 bridgehead atoms. The fourth-order valence-corrected chi connectivity index (χ4v) is 2.84. The number of anilines is 1. The van der Waals surface area contributed by atoms with Crippen molar-refractivity contribution < 1.29 is 18.0 Å². The second-order valence-corrected chi connectivity index (χ2v) is 7.60. The molecule has 0 saturated carbocycles. The summed E-state index contributed by atoms with van der Waals surface area (Å²) in [7, 11) is 0. The average molecular weight is 375 g/mol. The molecule has 3 aromatic rings. The van der Waals surface area contributed by atoms with Crippen molar-refractivity contribution >= 4 is 17.4 Å². The number of amides is 1. The summed E-state index contributed by atoms with van der Waals surface area (Å²) in [4.78, 5) is 16.6. The molecule has 0 atom stereocenters. The van der Waals surface area contributed by atoms with E-state index in [9.17, 15) is 18.0 Å². The van der Waals surface area contributed by atoms with E-state index >= 15 is 0 Å². The number of carbonyl (C=O) groups excluding carboxylic acids is 1. The Kier molecular flexibility index (Phi) is 4.71. The van der Waals surface area contributed by atoms with E-state index in [-0.39, 0.29) is 29.2 Å². The number of aromatic nitrogens is 2. The molecule has 0 aliphatic rings. The maximum atomic E-state index is 13.0. The van der Waals surface area contributed by atoms with E-state index in [0.29, 0.717) is 5.69 Å². The Labute approximate surface area is 155 Å².